The molecule has 7 nitrogen and oxygen atoms in total. The number of rotatable bonds is 6. The van der Waals surface area contributed by atoms with Gasteiger partial charge in [-0.2, -0.15) is 23.1 Å². The Hall–Kier alpha value is -4.54. The third-order valence-electron chi connectivity index (χ3n) is 12.0. The first-order valence-corrected chi connectivity index (χ1v) is 17.6. The number of phenols is 1. The Labute approximate surface area is 295 Å². The number of aromatic hydroxyl groups is 1. The minimum atomic E-state index is -5.09. The summed E-state index contributed by atoms with van der Waals surface area (Å²) in [6.07, 6.45) is 7.14. The van der Waals surface area contributed by atoms with Crippen molar-refractivity contribution in [1.29, 1.82) is 0 Å². The lowest BCUT2D eigenvalue weighted by Crippen LogP contribution is -2.61. The largest absolute Gasteiger partial charge is 0.508 e. The van der Waals surface area contributed by atoms with Crippen LogP contribution in [-0.2, 0) is 6.18 Å². The molecule has 0 radical (unpaired) electrons. The number of ether oxygens (including phenoxy) is 1. The van der Waals surface area contributed by atoms with Gasteiger partial charge in [-0.05, 0) is 98.2 Å². The molecule has 4 aliphatic heterocycles. The Balaban J connectivity index is 1.26. The molecule has 4 saturated heterocycles. The molecule has 2 N–H and O–H groups in total. The normalized spacial score (nSPS) is 26.8. The summed E-state index contributed by atoms with van der Waals surface area (Å²) in [5.74, 6) is 0.0689. The van der Waals surface area contributed by atoms with Crippen molar-refractivity contribution in [3.63, 3.8) is 0 Å². The van der Waals surface area contributed by atoms with Gasteiger partial charge in [0.05, 0.1) is 23.0 Å². The molecule has 5 fully saturated rings. The highest BCUT2D eigenvalue weighted by atomic mass is 19.4. The van der Waals surface area contributed by atoms with Crippen molar-refractivity contribution in [2.75, 3.05) is 37.7 Å². The summed E-state index contributed by atoms with van der Waals surface area (Å²) < 4.78 is 97.8. The molecule has 2 bridgehead atoms. The average molecular weight is 720 g/mol. The van der Waals surface area contributed by atoms with Gasteiger partial charge in [0.2, 0.25) is 0 Å². The lowest BCUT2D eigenvalue weighted by Gasteiger charge is -2.42. The number of nitrogens with one attached hydrogen (secondary N) is 1. The van der Waals surface area contributed by atoms with E-state index in [-0.39, 0.29) is 51.7 Å². The van der Waals surface area contributed by atoms with Crippen LogP contribution in [0.15, 0.2) is 42.2 Å². The molecule has 13 heteroatoms. The third kappa shape index (κ3) is 5.20. The van der Waals surface area contributed by atoms with Crippen LogP contribution in [0.2, 0.25) is 0 Å². The van der Waals surface area contributed by atoms with Crippen molar-refractivity contribution in [3.05, 3.63) is 65.0 Å². The summed E-state index contributed by atoms with van der Waals surface area (Å²) in [7, 11) is 0. The summed E-state index contributed by atoms with van der Waals surface area (Å²) in [5.41, 5.74) is -3.59. The van der Waals surface area contributed by atoms with Crippen molar-refractivity contribution in [2.24, 2.45) is 5.92 Å². The molecule has 3 atom stereocenters. The second-order valence-corrected chi connectivity index (χ2v) is 15.2. The minimum Gasteiger partial charge on any atom is -0.508 e. The zero-order valence-electron chi connectivity index (χ0n) is 28.1. The van der Waals surface area contributed by atoms with E-state index >= 15 is 22.0 Å². The Bertz CT molecular complexity index is 2230. The van der Waals surface area contributed by atoms with Crippen LogP contribution in [0.4, 0.5) is 32.2 Å². The van der Waals surface area contributed by atoms with Crippen molar-refractivity contribution < 1.29 is 36.2 Å². The second kappa shape index (κ2) is 11.7. The Morgan fingerprint density at radius 3 is 2.69 bits per heavy atom. The highest BCUT2D eigenvalue weighted by Crippen LogP contribution is 2.50. The van der Waals surface area contributed by atoms with Gasteiger partial charge >= 0.3 is 12.2 Å². The molecule has 5 heterocycles. The molecule has 5 aliphatic rings. The third-order valence-corrected chi connectivity index (χ3v) is 12.0. The molecule has 3 aromatic carbocycles. The van der Waals surface area contributed by atoms with Gasteiger partial charge in [0, 0.05) is 47.6 Å². The smallest absolute Gasteiger partial charge is 0.417 e. The maximum Gasteiger partial charge on any atom is 0.417 e. The van der Waals surface area contributed by atoms with E-state index in [4.69, 9.17) is 16.1 Å². The first-order chi connectivity index (χ1) is 24.9. The van der Waals surface area contributed by atoms with Crippen molar-refractivity contribution in [1.82, 2.24) is 20.2 Å². The van der Waals surface area contributed by atoms with Gasteiger partial charge in [0.15, 0.2) is 5.82 Å². The van der Waals surface area contributed by atoms with Gasteiger partial charge in [0.25, 0.3) is 0 Å². The summed E-state index contributed by atoms with van der Waals surface area (Å²) in [6.45, 7) is 2.20. The number of benzene rings is 3. The summed E-state index contributed by atoms with van der Waals surface area (Å²) in [5, 5.41) is 14.2. The van der Waals surface area contributed by atoms with Crippen LogP contribution in [0.1, 0.15) is 56.1 Å². The Kier molecular flexibility index (Phi) is 7.52. The number of terminal acetylenes is 1. The fraction of sp³-hybridized carbons (Fsp3) is 0.436. The number of anilines is 1. The van der Waals surface area contributed by atoms with E-state index in [9.17, 15) is 9.50 Å². The molecule has 0 unspecified atom stereocenters. The monoisotopic (exact) mass is 719 g/mol. The standard InChI is InChI=1S/C39H35F6N5O2/c1-2-26-30(41)7-4-22-12-25(51)13-27(31(22)26)32-29(39(43,44)45)14-28-34(33(32)42)46-36(52-20-37-9-3-11-50(37)17-21(15-37)16-40)47-35(28)49-18-24-8-10-38(19-49,48-24)23-5-6-23/h1,4,7,12-14,16,23-24,48,51H,3,5-6,8-11,15,17-20H2/b21-16-/t24-,37-,38+/m0/s1. The van der Waals surface area contributed by atoms with E-state index < -0.39 is 51.3 Å². The molecule has 1 aromatic heterocycles. The molecule has 4 aromatic rings. The van der Waals surface area contributed by atoms with Gasteiger partial charge in [-0.25, -0.2) is 13.2 Å². The Morgan fingerprint density at radius 1 is 1.12 bits per heavy atom. The Morgan fingerprint density at radius 2 is 1.94 bits per heavy atom. The molecule has 1 saturated carbocycles. The summed E-state index contributed by atoms with van der Waals surface area (Å²) in [4.78, 5) is 13.2. The van der Waals surface area contributed by atoms with Crippen LogP contribution in [0.3, 0.4) is 0 Å². The van der Waals surface area contributed by atoms with E-state index in [2.05, 4.69) is 21.1 Å². The molecule has 1 aliphatic carbocycles. The van der Waals surface area contributed by atoms with Gasteiger partial charge in [-0.3, -0.25) is 4.90 Å². The SMILES string of the molecule is C#Cc1c(F)ccc2cc(O)cc(-c3c(C(F)(F)F)cc4c(N5C[C@@H]6CC[C@](C7CC7)(C5)N6)nc(OC[C@@]56CCCN5C/C(=C\F)C6)nc4c3F)c12. The molecule has 9 rings (SSSR count). The number of hydrogen-bond acceptors (Lipinski definition) is 7. The maximum atomic E-state index is 17.3. The fourth-order valence-corrected chi connectivity index (χ4v) is 9.56. The van der Waals surface area contributed by atoms with Gasteiger partial charge in [0.1, 0.15) is 29.5 Å². The number of nitrogens with zero attached hydrogens (tertiary/aromatic N) is 4. The second-order valence-electron chi connectivity index (χ2n) is 15.2. The van der Waals surface area contributed by atoms with E-state index in [1.807, 2.05) is 4.90 Å². The van der Waals surface area contributed by atoms with Gasteiger partial charge < -0.3 is 20.1 Å². The van der Waals surface area contributed by atoms with Crippen LogP contribution in [0.25, 0.3) is 32.8 Å². The molecule has 52 heavy (non-hydrogen) atoms. The van der Waals surface area contributed by atoms with E-state index in [1.165, 1.54) is 12.1 Å². The molecular formula is C39H35F6N5O2. The molecular weight excluding hydrogens is 684 g/mol. The minimum absolute atomic E-state index is 0.0704. The van der Waals surface area contributed by atoms with Crippen LogP contribution in [0, 0.1) is 29.9 Å². The number of fused-ring (bicyclic) bond motifs is 5. The topological polar surface area (TPSA) is 73.8 Å². The highest BCUT2D eigenvalue weighted by Gasteiger charge is 2.53. The quantitative estimate of drug-likeness (QED) is 0.157. The number of alkyl halides is 3. The number of hydrogen-bond donors (Lipinski definition) is 2. The average Bonchev–Trinajstić information content (AvgIpc) is 3.73. The van der Waals surface area contributed by atoms with Gasteiger partial charge in [-0.15, -0.1) is 6.42 Å². The van der Waals surface area contributed by atoms with Crippen LogP contribution >= 0.6 is 0 Å². The number of halogens is 6. The van der Waals surface area contributed by atoms with Crippen LogP contribution < -0.4 is 15.0 Å². The molecule has 0 amide bonds. The zero-order chi connectivity index (χ0) is 36.2. The first kappa shape index (κ1) is 33.3. The number of piperazine rings is 1. The van der Waals surface area contributed by atoms with Gasteiger partial charge in [-0.1, -0.05) is 12.0 Å². The van der Waals surface area contributed by atoms with Crippen LogP contribution in [0.5, 0.6) is 11.8 Å². The van der Waals surface area contributed by atoms with E-state index in [0.717, 1.165) is 63.3 Å². The van der Waals surface area contributed by atoms with E-state index in [1.54, 1.807) is 0 Å². The fourth-order valence-electron chi connectivity index (χ4n) is 9.56. The zero-order valence-corrected chi connectivity index (χ0v) is 28.1. The number of phenolic OH excluding ortho intramolecular Hbond substituents is 1. The highest BCUT2D eigenvalue weighted by molar-refractivity contribution is 6.05. The van der Waals surface area contributed by atoms with Crippen LogP contribution in [-0.4, -0.2) is 69.9 Å². The predicted octanol–water partition coefficient (Wildman–Crippen LogP) is 7.63. The maximum absolute atomic E-state index is 17.3. The lowest BCUT2D eigenvalue weighted by molar-refractivity contribution is -0.137. The molecule has 270 valence electrons. The lowest BCUT2D eigenvalue weighted by atomic mass is 9.89. The first-order valence-electron chi connectivity index (χ1n) is 17.6. The van der Waals surface area contributed by atoms with Crippen molar-refractivity contribution in [3.8, 4) is 35.2 Å². The predicted molar refractivity (Wildman–Crippen MR) is 184 cm³/mol. The van der Waals surface area contributed by atoms with Crippen molar-refractivity contribution >= 4 is 27.5 Å². The number of aromatic nitrogens is 2. The summed E-state index contributed by atoms with van der Waals surface area (Å²) >= 11 is 0. The molecule has 0 spiro atoms. The summed E-state index contributed by atoms with van der Waals surface area (Å²) in [6, 6.07) is 5.19. The van der Waals surface area contributed by atoms with E-state index in [0.29, 0.717) is 43.9 Å². The van der Waals surface area contributed by atoms with Crippen molar-refractivity contribution in [2.45, 2.75) is 68.2 Å².